The van der Waals surface area contributed by atoms with E-state index in [4.69, 9.17) is 27.9 Å². The second-order valence-electron chi connectivity index (χ2n) is 7.38. The number of anilines is 2. The zero-order valence-corrected chi connectivity index (χ0v) is 18.5. The van der Waals surface area contributed by atoms with Gasteiger partial charge in [-0.3, -0.25) is 4.79 Å². The van der Waals surface area contributed by atoms with Crippen molar-refractivity contribution in [2.75, 3.05) is 35.1 Å². The fourth-order valence-corrected chi connectivity index (χ4v) is 5.53. The van der Waals surface area contributed by atoms with Gasteiger partial charge in [0.05, 0.1) is 34.2 Å². The molecule has 1 atom stereocenters. The molecule has 2 heterocycles. The van der Waals surface area contributed by atoms with Crippen molar-refractivity contribution in [2.45, 2.75) is 25.2 Å². The normalized spacial score (nSPS) is 19.9. The first kappa shape index (κ1) is 21.7. The van der Waals surface area contributed by atoms with E-state index in [0.29, 0.717) is 47.8 Å². The van der Waals surface area contributed by atoms with Crippen molar-refractivity contribution >= 4 is 51.8 Å². The summed E-state index contributed by atoms with van der Waals surface area (Å²) in [7, 11) is 0. The van der Waals surface area contributed by atoms with Gasteiger partial charge < -0.3 is 14.6 Å². The molecule has 30 heavy (non-hydrogen) atoms. The molecule has 2 aliphatic rings. The highest BCUT2D eigenvalue weighted by molar-refractivity contribution is 7.93. The van der Waals surface area contributed by atoms with Gasteiger partial charge >= 0.3 is 0 Å². The lowest BCUT2D eigenvalue weighted by atomic mass is 9.91. The Kier molecular flexibility index (Phi) is 6.75. The Morgan fingerprint density at radius 2 is 1.97 bits per heavy atom. The number of hydrogen-bond acceptors (Lipinski definition) is 4. The number of amides is 1. The number of carbonyl (C=O) groups excluding carboxylic acids is 1. The molecule has 2 aromatic rings. The first-order chi connectivity index (χ1) is 14.4. The van der Waals surface area contributed by atoms with Gasteiger partial charge in [0.15, 0.2) is 0 Å². The number of hydrogen-bond donors (Lipinski definition) is 1. The highest BCUT2D eigenvalue weighted by atomic mass is 35.5. The van der Waals surface area contributed by atoms with Gasteiger partial charge in [0.1, 0.15) is 11.6 Å². The summed E-state index contributed by atoms with van der Waals surface area (Å²) < 4.78 is 33.5. The van der Waals surface area contributed by atoms with Gasteiger partial charge in [0.25, 0.3) is 5.91 Å². The maximum absolute atomic E-state index is 14.4. The smallest absolute Gasteiger partial charge is 0.257 e. The van der Waals surface area contributed by atoms with Gasteiger partial charge in [0.2, 0.25) is 0 Å². The monoisotopic (exact) mass is 470 g/mol. The van der Waals surface area contributed by atoms with Gasteiger partial charge in [-0.25, -0.2) is 4.39 Å². The van der Waals surface area contributed by atoms with Crippen LogP contribution in [0.4, 0.5) is 15.8 Å². The molecule has 160 valence electrons. The zero-order chi connectivity index (χ0) is 21.3. The summed E-state index contributed by atoms with van der Waals surface area (Å²) in [5.41, 5.74) is 1.91. The van der Waals surface area contributed by atoms with Crippen LogP contribution < -0.4 is 9.62 Å². The van der Waals surface area contributed by atoms with Crippen LogP contribution in [0, 0.1) is 5.82 Å². The first-order valence-electron chi connectivity index (χ1n) is 9.77. The van der Waals surface area contributed by atoms with Crippen molar-refractivity contribution in [2.24, 2.45) is 0 Å². The molecule has 0 saturated carbocycles. The summed E-state index contributed by atoms with van der Waals surface area (Å²) in [6.45, 7) is 1.92. The Bertz CT molecular complexity index is 956. The predicted octanol–water partition coefficient (Wildman–Crippen LogP) is 5.15. The van der Waals surface area contributed by atoms with E-state index in [1.54, 1.807) is 10.4 Å². The third-order valence-electron chi connectivity index (χ3n) is 5.34. The Labute approximate surface area is 187 Å². The number of carbonyl (C=O) groups is 1. The van der Waals surface area contributed by atoms with Gasteiger partial charge in [-0.15, -0.1) is 0 Å². The molecule has 4 rings (SSSR count). The maximum Gasteiger partial charge on any atom is 0.257 e. The molecule has 0 radical (unpaired) electrons. The molecule has 0 spiro atoms. The van der Waals surface area contributed by atoms with E-state index in [2.05, 4.69) is 5.32 Å². The molecule has 1 N–H and O–H groups in total. The van der Waals surface area contributed by atoms with Gasteiger partial charge in [-0.2, -0.15) is 4.31 Å². The molecular weight excluding hydrogens is 450 g/mol. The topological polar surface area (TPSA) is 64.6 Å². The van der Waals surface area contributed by atoms with Gasteiger partial charge in [0, 0.05) is 36.4 Å². The van der Waals surface area contributed by atoms with E-state index < -0.39 is 23.1 Å². The molecule has 0 aliphatic carbocycles. The van der Waals surface area contributed by atoms with E-state index in [1.807, 2.05) is 12.1 Å². The summed E-state index contributed by atoms with van der Waals surface area (Å²) >= 11 is 11.1. The third-order valence-corrected chi connectivity index (χ3v) is 7.47. The summed E-state index contributed by atoms with van der Waals surface area (Å²) in [5, 5.41) is 3.01. The highest BCUT2D eigenvalue weighted by Crippen LogP contribution is 2.33. The fraction of sp³-hybridized carbons (Fsp3) is 0.381. The number of benzene rings is 2. The molecule has 1 unspecified atom stereocenters. The molecule has 2 aliphatic heterocycles. The van der Waals surface area contributed by atoms with Crippen molar-refractivity contribution in [3.63, 3.8) is 0 Å². The Morgan fingerprint density at radius 1 is 1.20 bits per heavy atom. The van der Waals surface area contributed by atoms with E-state index in [0.717, 1.165) is 24.8 Å². The lowest BCUT2D eigenvalue weighted by Gasteiger charge is -2.23. The van der Waals surface area contributed by atoms with E-state index in [9.17, 15) is 13.7 Å². The van der Waals surface area contributed by atoms with Crippen molar-refractivity contribution in [1.82, 2.24) is 0 Å². The minimum absolute atomic E-state index is 0.0110. The second-order valence-corrected chi connectivity index (χ2v) is 9.69. The molecule has 0 aromatic heterocycles. The third kappa shape index (κ3) is 4.70. The number of ether oxygens (including phenoxy) is 1. The Hall–Kier alpha value is -1.51. The fourth-order valence-electron chi connectivity index (χ4n) is 3.82. The average molecular weight is 471 g/mol. The molecule has 0 bridgehead atoms. The summed E-state index contributed by atoms with van der Waals surface area (Å²) in [4.78, 5) is 12.9. The van der Waals surface area contributed by atoms with E-state index in [1.165, 1.54) is 12.1 Å². The number of nitrogens with zero attached hydrogens (tertiary/aromatic N) is 1. The maximum atomic E-state index is 14.4. The van der Waals surface area contributed by atoms with Gasteiger partial charge in [-0.1, -0.05) is 23.2 Å². The van der Waals surface area contributed by atoms with E-state index in [-0.39, 0.29) is 10.6 Å². The van der Waals surface area contributed by atoms with E-state index >= 15 is 0 Å². The summed E-state index contributed by atoms with van der Waals surface area (Å²) in [5.74, 6) is -0.450. The molecule has 5 nitrogen and oxygen atoms in total. The number of halogens is 3. The predicted molar refractivity (Wildman–Crippen MR) is 119 cm³/mol. The van der Waals surface area contributed by atoms with Crippen molar-refractivity contribution in [1.29, 1.82) is 0 Å². The van der Waals surface area contributed by atoms with Crippen LogP contribution in [-0.4, -0.2) is 36.0 Å². The van der Waals surface area contributed by atoms with Crippen LogP contribution >= 0.6 is 23.2 Å². The molecule has 2 saturated heterocycles. The quantitative estimate of drug-likeness (QED) is 0.627. The minimum atomic E-state index is -1.23. The lowest BCUT2D eigenvalue weighted by molar-refractivity contribution is 0.0853. The van der Waals surface area contributed by atoms with Crippen molar-refractivity contribution in [3.05, 3.63) is 57.3 Å². The largest absolute Gasteiger partial charge is 0.593 e. The molecular formula is C21H21Cl2FN2O3S. The summed E-state index contributed by atoms with van der Waals surface area (Å²) in [6.07, 6.45) is 2.52. The number of rotatable bonds is 4. The standard InChI is InChI=1S/C21H21Cl2FN2O3S/c22-15-8-14(13-2-5-29-6-3-13)9-16(10-15)25-21(27)18-11-17(12-19(24)20(18)23)26-4-1-7-30(26)28/h8-13H,1-7H2,(H,25,27). The van der Waals surface area contributed by atoms with Crippen LogP contribution in [-0.2, 0) is 16.1 Å². The average Bonchev–Trinajstić information content (AvgIpc) is 3.16. The number of nitrogens with one attached hydrogen (secondary N) is 1. The van der Waals surface area contributed by atoms with Crippen LogP contribution in [0.5, 0.6) is 0 Å². The Morgan fingerprint density at radius 3 is 2.67 bits per heavy atom. The minimum Gasteiger partial charge on any atom is -0.593 e. The van der Waals surface area contributed by atoms with Crippen molar-refractivity contribution in [3.8, 4) is 0 Å². The van der Waals surface area contributed by atoms with Crippen molar-refractivity contribution < 1.29 is 18.5 Å². The molecule has 1 amide bonds. The van der Waals surface area contributed by atoms with Crippen LogP contribution in [0.15, 0.2) is 30.3 Å². The lowest BCUT2D eigenvalue weighted by Crippen LogP contribution is -2.26. The molecule has 9 heteroatoms. The van der Waals surface area contributed by atoms with Crippen LogP contribution in [0.2, 0.25) is 10.0 Å². The van der Waals surface area contributed by atoms with Crippen LogP contribution in [0.3, 0.4) is 0 Å². The Balaban J connectivity index is 1.59. The summed E-state index contributed by atoms with van der Waals surface area (Å²) in [6, 6.07) is 8.11. The van der Waals surface area contributed by atoms with Crippen LogP contribution in [0.1, 0.15) is 41.1 Å². The second kappa shape index (κ2) is 9.32. The SMILES string of the molecule is O=C(Nc1cc(Cl)cc(C2CCOCC2)c1)c1cc(N2CCC[S+]2[O-])cc(F)c1Cl. The van der Waals surface area contributed by atoms with Gasteiger partial charge in [-0.05, 0) is 48.6 Å². The molecule has 2 aromatic carbocycles. The van der Waals surface area contributed by atoms with Crippen LogP contribution in [0.25, 0.3) is 0 Å². The first-order valence-corrected chi connectivity index (χ1v) is 11.8. The zero-order valence-electron chi connectivity index (χ0n) is 16.1. The molecule has 2 fully saturated rings. The highest BCUT2D eigenvalue weighted by Gasteiger charge is 2.29.